The molecular weight excluding hydrogens is 240 g/mol. The van der Waals surface area contributed by atoms with Gasteiger partial charge in [-0.25, -0.2) is 0 Å². The zero-order chi connectivity index (χ0) is 14.0. The molecule has 0 bridgehead atoms. The fraction of sp³-hybridized carbons (Fsp3) is 0.533. The Bertz CT molecular complexity index is 471. The summed E-state index contributed by atoms with van der Waals surface area (Å²) in [5.74, 6) is -0.00597. The summed E-state index contributed by atoms with van der Waals surface area (Å²) in [5, 5.41) is 12.2. The highest BCUT2D eigenvalue weighted by atomic mass is 16.3. The van der Waals surface area contributed by atoms with Crippen LogP contribution in [0, 0.1) is 6.92 Å². The highest BCUT2D eigenvalue weighted by molar-refractivity contribution is 5.87. The van der Waals surface area contributed by atoms with E-state index < -0.39 is 0 Å². The van der Waals surface area contributed by atoms with Crippen LogP contribution in [-0.4, -0.2) is 35.7 Å². The number of benzene rings is 1. The van der Waals surface area contributed by atoms with Crippen LogP contribution in [-0.2, 0) is 4.79 Å². The van der Waals surface area contributed by atoms with Crippen molar-refractivity contribution >= 4 is 11.6 Å². The van der Waals surface area contributed by atoms with Gasteiger partial charge in [0.15, 0.2) is 0 Å². The summed E-state index contributed by atoms with van der Waals surface area (Å²) < 4.78 is 0. The summed E-state index contributed by atoms with van der Waals surface area (Å²) in [4.78, 5) is 14.3. The molecule has 19 heavy (non-hydrogen) atoms. The van der Waals surface area contributed by atoms with E-state index in [0.717, 1.165) is 17.8 Å². The van der Waals surface area contributed by atoms with Crippen molar-refractivity contribution in [1.82, 2.24) is 5.32 Å². The van der Waals surface area contributed by atoms with E-state index in [1.807, 2.05) is 45.0 Å². The van der Waals surface area contributed by atoms with Crippen LogP contribution in [0.25, 0.3) is 0 Å². The van der Waals surface area contributed by atoms with E-state index in [1.165, 1.54) is 0 Å². The third-order valence-corrected chi connectivity index (χ3v) is 3.53. The SMILES string of the molecule is Cc1ccccc1N1CC(C)(C)NC(=O)C1CCO. The Balaban J connectivity index is 2.37. The van der Waals surface area contributed by atoms with Crippen LogP contribution < -0.4 is 10.2 Å². The third-order valence-electron chi connectivity index (χ3n) is 3.53. The van der Waals surface area contributed by atoms with Crippen molar-refractivity contribution in [1.29, 1.82) is 0 Å². The number of piperazine rings is 1. The summed E-state index contributed by atoms with van der Waals surface area (Å²) in [6, 6.07) is 7.77. The predicted molar refractivity (Wildman–Crippen MR) is 76.2 cm³/mol. The topological polar surface area (TPSA) is 52.6 Å². The molecule has 2 rings (SSSR count). The molecule has 0 aliphatic carbocycles. The molecule has 1 aromatic carbocycles. The van der Waals surface area contributed by atoms with E-state index in [1.54, 1.807) is 0 Å². The smallest absolute Gasteiger partial charge is 0.243 e. The quantitative estimate of drug-likeness (QED) is 0.867. The molecule has 1 aromatic rings. The summed E-state index contributed by atoms with van der Waals surface area (Å²) in [7, 11) is 0. The second kappa shape index (κ2) is 5.21. The first-order chi connectivity index (χ1) is 8.94. The Labute approximate surface area is 114 Å². The Morgan fingerprint density at radius 2 is 2.11 bits per heavy atom. The van der Waals surface area contributed by atoms with Gasteiger partial charge in [0.25, 0.3) is 0 Å². The molecule has 1 atom stereocenters. The number of hydrogen-bond acceptors (Lipinski definition) is 3. The van der Waals surface area contributed by atoms with Crippen molar-refractivity contribution < 1.29 is 9.90 Å². The number of para-hydroxylation sites is 1. The van der Waals surface area contributed by atoms with Gasteiger partial charge in [0.2, 0.25) is 5.91 Å². The van der Waals surface area contributed by atoms with Crippen molar-refractivity contribution in [3.8, 4) is 0 Å². The van der Waals surface area contributed by atoms with Crippen molar-refractivity contribution in [3.63, 3.8) is 0 Å². The standard InChI is InChI=1S/C15H22N2O2/c1-11-6-4-5-7-12(11)17-10-15(2,3)16-14(19)13(17)8-9-18/h4-7,13,18H,8-10H2,1-3H3,(H,16,19). The number of rotatable bonds is 3. The first-order valence-corrected chi connectivity index (χ1v) is 6.70. The van der Waals surface area contributed by atoms with Gasteiger partial charge in [0.1, 0.15) is 6.04 Å². The van der Waals surface area contributed by atoms with Gasteiger partial charge < -0.3 is 15.3 Å². The monoisotopic (exact) mass is 262 g/mol. The van der Waals surface area contributed by atoms with Crippen molar-refractivity contribution in [2.45, 2.75) is 38.8 Å². The second-order valence-electron chi connectivity index (χ2n) is 5.82. The molecule has 1 heterocycles. The van der Waals surface area contributed by atoms with Crippen LogP contribution in [0.2, 0.25) is 0 Å². The molecule has 0 radical (unpaired) electrons. The lowest BCUT2D eigenvalue weighted by molar-refractivity contribution is -0.125. The molecule has 1 saturated heterocycles. The van der Waals surface area contributed by atoms with Gasteiger partial charge >= 0.3 is 0 Å². The average Bonchev–Trinajstić information content (AvgIpc) is 2.32. The van der Waals surface area contributed by atoms with Gasteiger partial charge in [-0.15, -0.1) is 0 Å². The van der Waals surface area contributed by atoms with Crippen molar-refractivity contribution in [3.05, 3.63) is 29.8 Å². The highest BCUT2D eigenvalue weighted by Gasteiger charge is 2.38. The number of carbonyl (C=O) groups excluding carboxylic acids is 1. The lowest BCUT2D eigenvalue weighted by Crippen LogP contribution is -2.65. The molecule has 0 spiro atoms. The van der Waals surface area contributed by atoms with Crippen molar-refractivity contribution in [2.24, 2.45) is 0 Å². The summed E-state index contributed by atoms with van der Waals surface area (Å²) in [5.41, 5.74) is 1.96. The first-order valence-electron chi connectivity index (χ1n) is 6.70. The van der Waals surface area contributed by atoms with Crippen LogP contribution in [0.5, 0.6) is 0 Å². The van der Waals surface area contributed by atoms with E-state index in [-0.39, 0.29) is 24.1 Å². The molecular formula is C15H22N2O2. The maximum Gasteiger partial charge on any atom is 0.243 e. The van der Waals surface area contributed by atoms with Crippen LogP contribution in [0.15, 0.2) is 24.3 Å². The number of nitrogens with one attached hydrogen (secondary N) is 1. The zero-order valence-corrected chi connectivity index (χ0v) is 11.8. The zero-order valence-electron chi connectivity index (χ0n) is 11.8. The fourth-order valence-electron chi connectivity index (χ4n) is 2.68. The Kier molecular flexibility index (Phi) is 3.80. The Morgan fingerprint density at radius 1 is 1.42 bits per heavy atom. The molecule has 0 aromatic heterocycles. The molecule has 4 heteroatoms. The third kappa shape index (κ3) is 2.89. The molecule has 0 saturated carbocycles. The summed E-state index contributed by atoms with van der Waals surface area (Å²) in [6.07, 6.45) is 0.455. The molecule has 1 amide bonds. The lowest BCUT2D eigenvalue weighted by atomic mass is 9.95. The number of anilines is 1. The van der Waals surface area contributed by atoms with Gasteiger partial charge in [0, 0.05) is 18.8 Å². The minimum Gasteiger partial charge on any atom is -0.396 e. The number of nitrogens with zero attached hydrogens (tertiary/aromatic N) is 1. The number of aliphatic hydroxyl groups excluding tert-OH is 1. The van der Waals surface area contributed by atoms with Crippen LogP contribution in [0.3, 0.4) is 0 Å². The Hall–Kier alpha value is -1.55. The highest BCUT2D eigenvalue weighted by Crippen LogP contribution is 2.28. The normalized spacial score (nSPS) is 22.2. The summed E-state index contributed by atoms with van der Waals surface area (Å²) in [6.45, 7) is 6.84. The van der Waals surface area contributed by atoms with Gasteiger partial charge in [-0.05, 0) is 38.8 Å². The summed E-state index contributed by atoms with van der Waals surface area (Å²) >= 11 is 0. The molecule has 1 aliphatic rings. The number of aryl methyl sites for hydroxylation is 1. The van der Waals surface area contributed by atoms with Crippen molar-refractivity contribution in [2.75, 3.05) is 18.1 Å². The first kappa shape index (κ1) is 13.9. The maximum absolute atomic E-state index is 12.2. The van der Waals surface area contributed by atoms with E-state index >= 15 is 0 Å². The molecule has 2 N–H and O–H groups in total. The van der Waals surface area contributed by atoms with Gasteiger partial charge in [-0.3, -0.25) is 4.79 Å². The van der Waals surface area contributed by atoms with Gasteiger partial charge in [0.05, 0.1) is 5.54 Å². The molecule has 1 aliphatic heterocycles. The Morgan fingerprint density at radius 3 is 2.74 bits per heavy atom. The molecule has 104 valence electrons. The number of hydrogen-bond donors (Lipinski definition) is 2. The van der Waals surface area contributed by atoms with Crippen LogP contribution >= 0.6 is 0 Å². The van der Waals surface area contributed by atoms with Gasteiger partial charge in [-0.2, -0.15) is 0 Å². The van der Waals surface area contributed by atoms with E-state index in [0.29, 0.717) is 6.42 Å². The minimum atomic E-state index is -0.292. The van der Waals surface area contributed by atoms with Crippen LogP contribution in [0.1, 0.15) is 25.8 Å². The minimum absolute atomic E-state index is 0.00597. The number of amides is 1. The lowest BCUT2D eigenvalue weighted by Gasteiger charge is -2.45. The number of carbonyl (C=O) groups is 1. The largest absolute Gasteiger partial charge is 0.396 e. The van der Waals surface area contributed by atoms with E-state index in [9.17, 15) is 9.90 Å². The van der Waals surface area contributed by atoms with Crippen LogP contribution in [0.4, 0.5) is 5.69 Å². The fourth-order valence-corrected chi connectivity index (χ4v) is 2.68. The molecule has 4 nitrogen and oxygen atoms in total. The second-order valence-corrected chi connectivity index (χ2v) is 5.82. The molecule has 1 fully saturated rings. The predicted octanol–water partition coefficient (Wildman–Crippen LogP) is 1.46. The number of aliphatic hydroxyl groups is 1. The van der Waals surface area contributed by atoms with Gasteiger partial charge in [-0.1, -0.05) is 18.2 Å². The maximum atomic E-state index is 12.2. The molecule has 1 unspecified atom stereocenters. The van der Waals surface area contributed by atoms with E-state index in [2.05, 4.69) is 10.2 Å². The van der Waals surface area contributed by atoms with E-state index in [4.69, 9.17) is 0 Å². The average molecular weight is 262 g/mol.